The molecule has 124 valence electrons. The fraction of sp³-hybridized carbons (Fsp3) is 0.353. The van der Waals surface area contributed by atoms with Crippen molar-refractivity contribution in [3.63, 3.8) is 0 Å². The molecule has 7 heteroatoms. The Morgan fingerprint density at radius 1 is 1.17 bits per heavy atom. The molecule has 0 unspecified atom stereocenters. The number of fused-ring (bicyclic) bond motifs is 1. The summed E-state index contributed by atoms with van der Waals surface area (Å²) in [5, 5.41) is 10.8. The van der Waals surface area contributed by atoms with Crippen molar-refractivity contribution in [3.05, 3.63) is 52.2 Å². The first-order valence-corrected chi connectivity index (χ1v) is 7.99. The molecular formula is C17H17N3O4. The van der Waals surface area contributed by atoms with Crippen molar-refractivity contribution in [3.8, 4) is 11.5 Å². The Morgan fingerprint density at radius 2 is 2.00 bits per heavy atom. The second kappa shape index (κ2) is 5.99. The first-order chi connectivity index (χ1) is 11.7. The highest BCUT2D eigenvalue weighted by Gasteiger charge is 2.28. The Balaban J connectivity index is 1.61. The highest BCUT2D eigenvalue weighted by Crippen LogP contribution is 2.39. The van der Waals surface area contributed by atoms with Crippen LogP contribution in [0, 0.1) is 10.1 Å². The summed E-state index contributed by atoms with van der Waals surface area (Å²) in [5.74, 6) is 2.32. The van der Waals surface area contributed by atoms with Gasteiger partial charge in [-0.3, -0.25) is 10.1 Å². The standard InChI is InChI=1S/C17H17N3O4/c21-20(22)13-4-6-17(18-11-13)19-7-1-2-14(19)12-3-5-15-16(10-12)24-9-8-23-15/h3-6,10-11,14H,1-2,7-9H2/t14-/m1/s1. The highest BCUT2D eigenvalue weighted by molar-refractivity contribution is 5.50. The minimum Gasteiger partial charge on any atom is -0.486 e. The Labute approximate surface area is 139 Å². The third-order valence-corrected chi connectivity index (χ3v) is 4.44. The van der Waals surface area contributed by atoms with Crippen LogP contribution in [-0.4, -0.2) is 29.7 Å². The number of aromatic nitrogens is 1. The molecule has 1 aromatic carbocycles. The van der Waals surface area contributed by atoms with Crippen LogP contribution in [-0.2, 0) is 0 Å². The number of anilines is 1. The lowest BCUT2D eigenvalue weighted by Crippen LogP contribution is -2.24. The van der Waals surface area contributed by atoms with Crippen LogP contribution in [0.3, 0.4) is 0 Å². The van der Waals surface area contributed by atoms with Crippen LogP contribution in [0.2, 0.25) is 0 Å². The molecule has 2 aliphatic rings. The van der Waals surface area contributed by atoms with Gasteiger partial charge in [-0.25, -0.2) is 4.98 Å². The van der Waals surface area contributed by atoms with Gasteiger partial charge >= 0.3 is 0 Å². The fourth-order valence-electron chi connectivity index (χ4n) is 3.31. The largest absolute Gasteiger partial charge is 0.486 e. The van der Waals surface area contributed by atoms with Crippen LogP contribution in [0.25, 0.3) is 0 Å². The molecule has 0 amide bonds. The van der Waals surface area contributed by atoms with Gasteiger partial charge < -0.3 is 14.4 Å². The fourth-order valence-corrected chi connectivity index (χ4v) is 3.31. The highest BCUT2D eigenvalue weighted by atomic mass is 16.6. The average molecular weight is 327 g/mol. The quantitative estimate of drug-likeness (QED) is 0.637. The molecule has 7 nitrogen and oxygen atoms in total. The van der Waals surface area contributed by atoms with Crippen LogP contribution in [0.5, 0.6) is 11.5 Å². The van der Waals surface area contributed by atoms with Crippen LogP contribution in [0.15, 0.2) is 36.5 Å². The smallest absolute Gasteiger partial charge is 0.287 e. The number of nitro groups is 1. The summed E-state index contributed by atoms with van der Waals surface area (Å²) >= 11 is 0. The molecule has 2 aliphatic heterocycles. The number of ether oxygens (including phenoxy) is 2. The number of pyridine rings is 1. The molecule has 0 saturated carbocycles. The molecule has 24 heavy (non-hydrogen) atoms. The van der Waals surface area contributed by atoms with E-state index in [0.717, 1.165) is 42.3 Å². The first kappa shape index (κ1) is 14.7. The predicted molar refractivity (Wildman–Crippen MR) is 87.6 cm³/mol. The number of rotatable bonds is 3. The topological polar surface area (TPSA) is 77.7 Å². The van der Waals surface area contributed by atoms with Crippen molar-refractivity contribution in [2.75, 3.05) is 24.7 Å². The van der Waals surface area contributed by atoms with Gasteiger partial charge in [-0.1, -0.05) is 6.07 Å². The van der Waals surface area contributed by atoms with Gasteiger partial charge in [0.05, 0.1) is 11.0 Å². The summed E-state index contributed by atoms with van der Waals surface area (Å²) < 4.78 is 11.2. The van der Waals surface area contributed by atoms with E-state index in [0.29, 0.717) is 13.2 Å². The second-order valence-corrected chi connectivity index (χ2v) is 5.89. The minimum atomic E-state index is -0.431. The Kier molecular flexibility index (Phi) is 3.68. The number of hydrogen-bond donors (Lipinski definition) is 0. The number of hydrogen-bond acceptors (Lipinski definition) is 6. The summed E-state index contributed by atoms with van der Waals surface area (Å²) in [6.45, 7) is 2.02. The van der Waals surface area contributed by atoms with Crippen molar-refractivity contribution in [1.29, 1.82) is 0 Å². The van der Waals surface area contributed by atoms with Gasteiger partial charge in [0.15, 0.2) is 11.5 Å². The maximum Gasteiger partial charge on any atom is 0.287 e. The zero-order valence-corrected chi connectivity index (χ0v) is 13.1. The van der Waals surface area contributed by atoms with E-state index in [2.05, 4.69) is 16.0 Å². The van der Waals surface area contributed by atoms with Crippen LogP contribution < -0.4 is 14.4 Å². The molecule has 0 radical (unpaired) electrons. The van der Waals surface area contributed by atoms with Crippen molar-refractivity contribution >= 4 is 11.5 Å². The Hall–Kier alpha value is -2.83. The van der Waals surface area contributed by atoms with E-state index < -0.39 is 4.92 Å². The minimum absolute atomic E-state index is 0.00817. The lowest BCUT2D eigenvalue weighted by molar-refractivity contribution is -0.385. The monoisotopic (exact) mass is 327 g/mol. The molecule has 1 saturated heterocycles. The van der Waals surface area contributed by atoms with E-state index >= 15 is 0 Å². The maximum absolute atomic E-state index is 10.8. The molecule has 1 fully saturated rings. The summed E-state index contributed by atoms with van der Waals surface area (Å²) in [7, 11) is 0. The summed E-state index contributed by atoms with van der Waals surface area (Å²) in [4.78, 5) is 16.8. The third-order valence-electron chi connectivity index (χ3n) is 4.44. The third kappa shape index (κ3) is 2.62. The molecule has 1 aromatic heterocycles. The molecule has 1 atom stereocenters. The van der Waals surface area contributed by atoms with Crippen molar-refractivity contribution in [2.24, 2.45) is 0 Å². The van der Waals surface area contributed by atoms with Gasteiger partial charge in [-0.2, -0.15) is 0 Å². The van der Waals surface area contributed by atoms with E-state index in [1.807, 2.05) is 12.1 Å². The Morgan fingerprint density at radius 3 is 2.75 bits per heavy atom. The molecule has 0 bridgehead atoms. The van der Waals surface area contributed by atoms with Crippen LogP contribution in [0.1, 0.15) is 24.4 Å². The van der Waals surface area contributed by atoms with Crippen LogP contribution in [0.4, 0.5) is 11.5 Å². The van der Waals surface area contributed by atoms with Gasteiger partial charge in [0, 0.05) is 12.6 Å². The van der Waals surface area contributed by atoms with Gasteiger partial charge in [-0.05, 0) is 36.6 Å². The summed E-state index contributed by atoms with van der Waals surface area (Å²) in [6.07, 6.45) is 3.38. The SMILES string of the molecule is O=[N+]([O-])c1ccc(N2CCC[C@@H]2c2ccc3c(c2)OCCO3)nc1. The first-order valence-electron chi connectivity index (χ1n) is 7.99. The maximum atomic E-state index is 10.8. The number of benzene rings is 1. The molecule has 0 aliphatic carbocycles. The van der Waals surface area contributed by atoms with Crippen molar-refractivity contribution in [2.45, 2.75) is 18.9 Å². The predicted octanol–water partition coefficient (Wildman–Crippen LogP) is 3.10. The molecule has 3 heterocycles. The molecule has 2 aromatic rings. The second-order valence-electron chi connectivity index (χ2n) is 5.89. The van der Waals surface area contributed by atoms with E-state index in [4.69, 9.17) is 9.47 Å². The van der Waals surface area contributed by atoms with Crippen molar-refractivity contribution in [1.82, 2.24) is 4.98 Å². The molecule has 4 rings (SSSR count). The van der Waals surface area contributed by atoms with E-state index in [1.165, 1.54) is 12.3 Å². The lowest BCUT2D eigenvalue weighted by atomic mass is 10.0. The lowest BCUT2D eigenvalue weighted by Gasteiger charge is -2.27. The molecule has 0 N–H and O–H groups in total. The van der Waals surface area contributed by atoms with Gasteiger partial charge in [-0.15, -0.1) is 0 Å². The van der Waals surface area contributed by atoms with Gasteiger partial charge in [0.1, 0.15) is 25.2 Å². The van der Waals surface area contributed by atoms with Crippen molar-refractivity contribution < 1.29 is 14.4 Å². The summed E-state index contributed by atoms with van der Waals surface area (Å²) in [6, 6.07) is 9.44. The normalized spacial score (nSPS) is 19.3. The van der Waals surface area contributed by atoms with E-state index in [-0.39, 0.29) is 11.7 Å². The van der Waals surface area contributed by atoms with Gasteiger partial charge in [0.2, 0.25) is 0 Å². The van der Waals surface area contributed by atoms with E-state index in [1.54, 1.807) is 6.07 Å². The summed E-state index contributed by atoms with van der Waals surface area (Å²) in [5.41, 5.74) is 1.16. The zero-order chi connectivity index (χ0) is 16.5. The molecular weight excluding hydrogens is 310 g/mol. The number of nitrogens with zero attached hydrogens (tertiary/aromatic N) is 3. The molecule has 0 spiro atoms. The Bertz CT molecular complexity index is 763. The van der Waals surface area contributed by atoms with Crippen LogP contribution >= 0.6 is 0 Å². The van der Waals surface area contributed by atoms with Gasteiger partial charge in [0.25, 0.3) is 5.69 Å². The average Bonchev–Trinajstić information content (AvgIpc) is 3.11. The zero-order valence-electron chi connectivity index (χ0n) is 13.1. The van der Waals surface area contributed by atoms with E-state index in [9.17, 15) is 10.1 Å².